The van der Waals surface area contributed by atoms with E-state index in [1.807, 2.05) is 13.8 Å². The Morgan fingerprint density at radius 1 is 1.38 bits per heavy atom. The highest BCUT2D eigenvalue weighted by Gasteiger charge is 2.16. The first-order valence-electron chi connectivity index (χ1n) is 6.57. The maximum atomic E-state index is 11.8. The summed E-state index contributed by atoms with van der Waals surface area (Å²) in [5.74, 6) is 0.176. The van der Waals surface area contributed by atoms with Crippen LogP contribution in [0.1, 0.15) is 20.3 Å². The molecule has 7 heteroatoms. The van der Waals surface area contributed by atoms with Crippen LogP contribution in [-0.2, 0) is 14.6 Å². The van der Waals surface area contributed by atoms with Crippen LogP contribution in [0.3, 0.4) is 0 Å². The number of nitrogens with one attached hydrogen (secondary N) is 1. The molecular weight excluding hydrogens is 314 g/mol. The molecule has 0 heterocycles. The molecule has 1 amide bonds. The van der Waals surface area contributed by atoms with Gasteiger partial charge in [0, 0.05) is 12.5 Å². The van der Waals surface area contributed by atoms with Gasteiger partial charge in [0.25, 0.3) is 0 Å². The molecule has 0 radical (unpaired) electrons. The van der Waals surface area contributed by atoms with Gasteiger partial charge in [-0.15, -0.1) is 0 Å². The van der Waals surface area contributed by atoms with Gasteiger partial charge in [-0.3, -0.25) is 4.79 Å². The minimum absolute atomic E-state index is 0.0501. The van der Waals surface area contributed by atoms with Crippen molar-refractivity contribution in [1.82, 2.24) is 0 Å². The van der Waals surface area contributed by atoms with Crippen molar-refractivity contribution in [2.75, 3.05) is 23.9 Å². The molecule has 21 heavy (non-hydrogen) atoms. The van der Waals surface area contributed by atoms with E-state index in [9.17, 15) is 13.2 Å². The molecule has 1 N–H and O–H groups in total. The molecule has 0 unspecified atom stereocenters. The van der Waals surface area contributed by atoms with E-state index < -0.39 is 9.84 Å². The molecule has 1 aromatic carbocycles. The average molecular weight is 334 g/mol. The number of hydrogen-bond acceptors (Lipinski definition) is 4. The zero-order valence-corrected chi connectivity index (χ0v) is 13.9. The molecule has 0 saturated heterocycles. The van der Waals surface area contributed by atoms with Crippen molar-refractivity contribution in [1.29, 1.82) is 0 Å². The standard InChI is InChI=1S/C14H20ClNO4S/c1-10(2)9-21(18,19)7-6-14(17)16-13-5-4-11(20-3)8-12(13)15/h4-5,8,10H,6-7,9H2,1-3H3,(H,16,17). The number of halogens is 1. The number of sulfone groups is 1. The largest absolute Gasteiger partial charge is 0.497 e. The third-order valence-corrected chi connectivity index (χ3v) is 4.99. The Bertz CT molecular complexity index is 599. The molecule has 0 atom stereocenters. The molecule has 5 nitrogen and oxygen atoms in total. The summed E-state index contributed by atoms with van der Waals surface area (Å²) in [6.45, 7) is 3.66. The number of anilines is 1. The molecule has 0 spiro atoms. The van der Waals surface area contributed by atoms with Gasteiger partial charge >= 0.3 is 0 Å². The summed E-state index contributed by atoms with van der Waals surface area (Å²) in [4.78, 5) is 11.8. The van der Waals surface area contributed by atoms with E-state index in [4.69, 9.17) is 16.3 Å². The summed E-state index contributed by atoms with van der Waals surface area (Å²) in [6.07, 6.45) is -0.0859. The Kier molecular flexibility index (Phi) is 6.48. The van der Waals surface area contributed by atoms with Gasteiger partial charge in [0.15, 0.2) is 9.84 Å². The smallest absolute Gasteiger partial charge is 0.225 e. The van der Waals surface area contributed by atoms with Crippen LogP contribution in [-0.4, -0.2) is 32.9 Å². The van der Waals surface area contributed by atoms with Gasteiger partial charge in [0.2, 0.25) is 5.91 Å². The lowest BCUT2D eigenvalue weighted by Crippen LogP contribution is -2.21. The number of methoxy groups -OCH3 is 1. The fourth-order valence-electron chi connectivity index (χ4n) is 1.78. The second-order valence-electron chi connectivity index (χ2n) is 5.15. The van der Waals surface area contributed by atoms with Crippen LogP contribution in [0.15, 0.2) is 18.2 Å². The number of ether oxygens (including phenoxy) is 1. The highest BCUT2D eigenvalue weighted by atomic mass is 35.5. The van der Waals surface area contributed by atoms with E-state index in [1.165, 1.54) is 7.11 Å². The van der Waals surface area contributed by atoms with E-state index in [-0.39, 0.29) is 29.8 Å². The topological polar surface area (TPSA) is 72.5 Å². The lowest BCUT2D eigenvalue weighted by Gasteiger charge is -2.09. The number of carbonyl (C=O) groups excluding carboxylic acids is 1. The number of hydrogen-bond donors (Lipinski definition) is 1. The summed E-state index contributed by atoms with van der Waals surface area (Å²) in [7, 11) is -1.69. The van der Waals surface area contributed by atoms with Crippen LogP contribution in [0.25, 0.3) is 0 Å². The van der Waals surface area contributed by atoms with E-state index in [0.29, 0.717) is 16.5 Å². The van der Waals surface area contributed by atoms with Crippen LogP contribution in [0.4, 0.5) is 5.69 Å². The zero-order valence-electron chi connectivity index (χ0n) is 12.3. The lowest BCUT2D eigenvalue weighted by atomic mass is 10.3. The maximum absolute atomic E-state index is 11.8. The Labute approximate surface area is 130 Å². The molecule has 1 aromatic rings. The summed E-state index contributed by atoms with van der Waals surface area (Å²) < 4.78 is 28.5. The molecule has 118 valence electrons. The van der Waals surface area contributed by atoms with E-state index in [1.54, 1.807) is 18.2 Å². The zero-order chi connectivity index (χ0) is 16.0. The third kappa shape index (κ3) is 6.35. The van der Waals surface area contributed by atoms with Crippen molar-refractivity contribution in [3.63, 3.8) is 0 Å². The summed E-state index contributed by atoms with van der Waals surface area (Å²) in [5, 5.41) is 2.94. The van der Waals surface area contributed by atoms with Crippen LogP contribution in [0.5, 0.6) is 5.75 Å². The number of rotatable bonds is 7. The first-order chi connectivity index (χ1) is 9.73. The van der Waals surface area contributed by atoms with Gasteiger partial charge in [0.1, 0.15) is 5.75 Å². The minimum atomic E-state index is -3.20. The van der Waals surface area contributed by atoms with E-state index >= 15 is 0 Å². The van der Waals surface area contributed by atoms with Crippen molar-refractivity contribution < 1.29 is 17.9 Å². The van der Waals surface area contributed by atoms with E-state index in [0.717, 1.165) is 0 Å². The van der Waals surface area contributed by atoms with Gasteiger partial charge in [-0.2, -0.15) is 0 Å². The van der Waals surface area contributed by atoms with Crippen LogP contribution < -0.4 is 10.1 Å². The first-order valence-corrected chi connectivity index (χ1v) is 8.77. The average Bonchev–Trinajstić information content (AvgIpc) is 2.37. The molecule has 0 saturated carbocycles. The quantitative estimate of drug-likeness (QED) is 0.832. The number of amides is 1. The first kappa shape index (κ1) is 17.8. The SMILES string of the molecule is COc1ccc(NC(=O)CCS(=O)(=O)CC(C)C)c(Cl)c1. The second-order valence-corrected chi connectivity index (χ2v) is 7.79. The highest BCUT2D eigenvalue weighted by molar-refractivity contribution is 7.91. The molecule has 0 aromatic heterocycles. The number of benzene rings is 1. The lowest BCUT2D eigenvalue weighted by molar-refractivity contribution is -0.115. The molecule has 0 aliphatic rings. The molecular formula is C14H20ClNO4S. The third-order valence-electron chi connectivity index (χ3n) is 2.68. The normalized spacial score (nSPS) is 11.5. The van der Waals surface area contributed by atoms with E-state index in [2.05, 4.69) is 5.32 Å². The van der Waals surface area contributed by atoms with Gasteiger partial charge in [0.05, 0.1) is 29.3 Å². The monoisotopic (exact) mass is 333 g/mol. The van der Waals surface area contributed by atoms with Crippen molar-refractivity contribution in [2.45, 2.75) is 20.3 Å². The van der Waals surface area contributed by atoms with Gasteiger partial charge in [-0.1, -0.05) is 25.4 Å². The molecule has 0 bridgehead atoms. The summed E-state index contributed by atoms with van der Waals surface area (Å²) in [6, 6.07) is 4.85. The van der Waals surface area contributed by atoms with Crippen LogP contribution in [0.2, 0.25) is 5.02 Å². The molecule has 0 aliphatic carbocycles. The summed E-state index contributed by atoms with van der Waals surface area (Å²) in [5.41, 5.74) is 0.434. The van der Waals surface area contributed by atoms with Crippen molar-refractivity contribution >= 4 is 33.0 Å². The van der Waals surface area contributed by atoms with Crippen LogP contribution in [0, 0.1) is 5.92 Å². The Hall–Kier alpha value is -1.27. The number of carbonyl (C=O) groups is 1. The highest BCUT2D eigenvalue weighted by Crippen LogP contribution is 2.26. The van der Waals surface area contributed by atoms with Gasteiger partial charge < -0.3 is 10.1 Å². The Balaban J connectivity index is 2.58. The summed E-state index contributed by atoms with van der Waals surface area (Å²) >= 11 is 6.00. The maximum Gasteiger partial charge on any atom is 0.225 e. The van der Waals surface area contributed by atoms with Crippen molar-refractivity contribution in [2.24, 2.45) is 5.92 Å². The predicted octanol–water partition coefficient (Wildman–Crippen LogP) is 2.75. The van der Waals surface area contributed by atoms with Gasteiger partial charge in [-0.25, -0.2) is 8.42 Å². The van der Waals surface area contributed by atoms with Crippen LogP contribution >= 0.6 is 11.6 Å². The Morgan fingerprint density at radius 3 is 2.57 bits per heavy atom. The predicted molar refractivity (Wildman–Crippen MR) is 84.7 cm³/mol. The fraction of sp³-hybridized carbons (Fsp3) is 0.500. The fourth-order valence-corrected chi connectivity index (χ4v) is 3.67. The molecule has 0 aliphatic heterocycles. The van der Waals surface area contributed by atoms with Crippen molar-refractivity contribution in [3.05, 3.63) is 23.2 Å². The minimum Gasteiger partial charge on any atom is -0.497 e. The molecule has 1 rings (SSSR count). The Morgan fingerprint density at radius 2 is 2.05 bits per heavy atom. The second kappa shape index (κ2) is 7.66. The van der Waals surface area contributed by atoms with Gasteiger partial charge in [-0.05, 0) is 18.1 Å². The van der Waals surface area contributed by atoms with Crippen molar-refractivity contribution in [3.8, 4) is 5.75 Å². The molecule has 0 fully saturated rings.